The monoisotopic (exact) mass is 504 g/mol. The summed E-state index contributed by atoms with van der Waals surface area (Å²) in [6.45, 7) is 1.18. The largest absolute Gasteiger partial charge is 0.467 e. The van der Waals surface area contributed by atoms with Crippen LogP contribution in [-0.2, 0) is 19.6 Å². The highest BCUT2D eigenvalue weighted by Crippen LogP contribution is 2.62. The van der Waals surface area contributed by atoms with Gasteiger partial charge in [-0.05, 0) is 104 Å². The topological polar surface area (TPSA) is 74.2 Å². The molecule has 6 rings (SSSR count). The smallest absolute Gasteiger partial charge is 0.337 e. The predicted octanol–water partition coefficient (Wildman–Crippen LogP) is 5.03. The molecule has 0 radical (unpaired) electrons. The molecule has 2 aromatic rings. The first kappa shape index (κ1) is 25.8. The van der Waals surface area contributed by atoms with Crippen molar-refractivity contribution in [2.24, 2.45) is 17.8 Å². The zero-order chi connectivity index (χ0) is 25.8. The molecule has 0 aromatic heterocycles. The molecule has 4 aliphatic rings. The molecule has 196 valence electrons. The fourth-order valence-corrected chi connectivity index (χ4v) is 7.05. The number of esters is 1. The van der Waals surface area contributed by atoms with Crippen molar-refractivity contribution in [2.75, 3.05) is 34.2 Å². The van der Waals surface area contributed by atoms with Gasteiger partial charge in [0.05, 0.1) is 25.9 Å². The fourth-order valence-electron chi connectivity index (χ4n) is 7.05. The van der Waals surface area contributed by atoms with Crippen LogP contribution in [0.15, 0.2) is 42.5 Å². The highest BCUT2D eigenvalue weighted by atomic mass is 16.7. The number of carbonyl (C=O) groups is 1. The van der Waals surface area contributed by atoms with Gasteiger partial charge < -0.3 is 24.1 Å². The minimum Gasteiger partial charge on any atom is -0.467 e. The van der Waals surface area contributed by atoms with E-state index in [-0.39, 0.29) is 18.2 Å². The normalized spacial score (nSPS) is 26.3. The summed E-state index contributed by atoms with van der Waals surface area (Å²) in [6.07, 6.45) is 6.72. The molecule has 1 unspecified atom stereocenters. The molecule has 4 bridgehead atoms. The molecule has 2 aromatic carbocycles. The number of carbonyl (C=O) groups excluding carboxylic acids is 1. The molecule has 1 N–H and O–H groups in total. The Balaban J connectivity index is 1.38. The standard InChI is InChI=1S/C31H36O6/c1-34-11-12-36-20-37-29-10-8-26(28(32)9-5-21-3-6-25(7-4-21)30(33)35-2)16-27(29)31-17-22-13-23(18-31)15-24(14-22)19-31/h3-4,6-8,10,16,22-24,28,32H,11-15,17-20H2,1-2H3. The van der Waals surface area contributed by atoms with Crippen LogP contribution in [0.5, 0.6) is 5.75 Å². The molecule has 0 amide bonds. The molecule has 0 heterocycles. The van der Waals surface area contributed by atoms with E-state index in [0.717, 1.165) is 34.6 Å². The van der Waals surface area contributed by atoms with Gasteiger partial charge in [-0.15, -0.1) is 0 Å². The molecule has 6 nitrogen and oxygen atoms in total. The zero-order valence-electron chi connectivity index (χ0n) is 21.7. The van der Waals surface area contributed by atoms with E-state index in [1.807, 2.05) is 12.1 Å². The van der Waals surface area contributed by atoms with Gasteiger partial charge in [-0.25, -0.2) is 4.79 Å². The Morgan fingerprint density at radius 1 is 1.00 bits per heavy atom. The van der Waals surface area contributed by atoms with Crippen LogP contribution in [-0.4, -0.2) is 45.3 Å². The first-order chi connectivity index (χ1) is 18.0. The molecule has 6 heteroatoms. The highest BCUT2D eigenvalue weighted by molar-refractivity contribution is 5.89. The average molecular weight is 505 g/mol. The second-order valence-corrected chi connectivity index (χ2v) is 10.9. The Kier molecular flexibility index (Phi) is 7.85. The number of hydrogen-bond acceptors (Lipinski definition) is 6. The Hall–Kier alpha value is -2.85. The lowest BCUT2D eigenvalue weighted by molar-refractivity contribution is -0.0190. The number of rotatable bonds is 9. The van der Waals surface area contributed by atoms with E-state index in [9.17, 15) is 9.90 Å². The van der Waals surface area contributed by atoms with Crippen molar-refractivity contribution >= 4 is 5.97 Å². The van der Waals surface area contributed by atoms with E-state index in [1.54, 1.807) is 31.4 Å². The Morgan fingerprint density at radius 2 is 1.68 bits per heavy atom. The van der Waals surface area contributed by atoms with Gasteiger partial charge in [0.1, 0.15) is 11.9 Å². The van der Waals surface area contributed by atoms with Crippen LogP contribution in [0.4, 0.5) is 0 Å². The summed E-state index contributed by atoms with van der Waals surface area (Å²) < 4.78 is 21.5. The van der Waals surface area contributed by atoms with Gasteiger partial charge in [-0.1, -0.05) is 17.9 Å². The molecule has 0 aliphatic heterocycles. The number of methoxy groups -OCH3 is 2. The molecular formula is C31H36O6. The van der Waals surface area contributed by atoms with Crippen molar-refractivity contribution in [1.29, 1.82) is 0 Å². The second-order valence-electron chi connectivity index (χ2n) is 10.9. The van der Waals surface area contributed by atoms with E-state index in [0.29, 0.717) is 18.8 Å². The minimum atomic E-state index is -0.931. The van der Waals surface area contributed by atoms with Gasteiger partial charge >= 0.3 is 5.97 Å². The van der Waals surface area contributed by atoms with Crippen molar-refractivity contribution in [3.63, 3.8) is 0 Å². The van der Waals surface area contributed by atoms with Crippen LogP contribution in [0.2, 0.25) is 0 Å². The van der Waals surface area contributed by atoms with E-state index < -0.39 is 6.10 Å². The zero-order valence-corrected chi connectivity index (χ0v) is 21.7. The molecule has 0 saturated heterocycles. The predicted molar refractivity (Wildman–Crippen MR) is 139 cm³/mol. The quantitative estimate of drug-likeness (QED) is 0.224. The van der Waals surface area contributed by atoms with Crippen molar-refractivity contribution < 1.29 is 28.8 Å². The van der Waals surface area contributed by atoms with E-state index in [4.69, 9.17) is 18.9 Å². The highest BCUT2D eigenvalue weighted by Gasteiger charge is 2.52. The summed E-state index contributed by atoms with van der Waals surface area (Å²) in [7, 11) is 3.01. The third-order valence-electron chi connectivity index (χ3n) is 8.32. The van der Waals surface area contributed by atoms with Gasteiger partial charge in [0.2, 0.25) is 0 Å². The third kappa shape index (κ3) is 5.70. The van der Waals surface area contributed by atoms with Gasteiger partial charge in [0.15, 0.2) is 6.79 Å². The summed E-state index contributed by atoms with van der Waals surface area (Å²) in [6, 6.07) is 12.9. The summed E-state index contributed by atoms with van der Waals surface area (Å²) >= 11 is 0. The summed E-state index contributed by atoms with van der Waals surface area (Å²) in [4.78, 5) is 11.7. The number of benzene rings is 2. The van der Waals surface area contributed by atoms with Crippen LogP contribution >= 0.6 is 0 Å². The first-order valence-corrected chi connectivity index (χ1v) is 13.2. The number of hydrogen-bond donors (Lipinski definition) is 1. The van der Waals surface area contributed by atoms with Crippen molar-refractivity contribution in [2.45, 2.75) is 50.0 Å². The fraction of sp³-hybridized carbons (Fsp3) is 0.516. The maximum atomic E-state index is 11.7. The van der Waals surface area contributed by atoms with Crippen LogP contribution in [0, 0.1) is 29.6 Å². The van der Waals surface area contributed by atoms with Gasteiger partial charge in [0, 0.05) is 18.2 Å². The lowest BCUT2D eigenvalue weighted by Crippen LogP contribution is -2.48. The van der Waals surface area contributed by atoms with Crippen LogP contribution in [0.3, 0.4) is 0 Å². The maximum absolute atomic E-state index is 11.7. The molecule has 4 saturated carbocycles. The first-order valence-electron chi connectivity index (χ1n) is 13.2. The number of ether oxygens (including phenoxy) is 4. The molecular weight excluding hydrogens is 468 g/mol. The lowest BCUT2D eigenvalue weighted by atomic mass is 9.48. The minimum absolute atomic E-state index is 0.101. The van der Waals surface area contributed by atoms with E-state index >= 15 is 0 Å². The molecule has 0 spiro atoms. The number of aliphatic hydroxyl groups excluding tert-OH is 1. The molecule has 1 atom stereocenters. The SMILES string of the molecule is COCCOCOc1ccc(C(O)C#Cc2ccc(C(=O)OC)cc2)cc1C12CC3CC(CC(C3)C1)C2. The van der Waals surface area contributed by atoms with Crippen molar-refractivity contribution in [3.8, 4) is 17.6 Å². The molecule has 4 aliphatic carbocycles. The van der Waals surface area contributed by atoms with E-state index in [1.165, 1.54) is 51.2 Å². The Morgan fingerprint density at radius 3 is 2.30 bits per heavy atom. The van der Waals surface area contributed by atoms with Gasteiger partial charge in [0.25, 0.3) is 0 Å². The van der Waals surface area contributed by atoms with Crippen LogP contribution < -0.4 is 4.74 Å². The third-order valence-corrected chi connectivity index (χ3v) is 8.32. The Bertz CT molecular complexity index is 1120. The van der Waals surface area contributed by atoms with Crippen molar-refractivity contribution in [3.05, 3.63) is 64.7 Å². The van der Waals surface area contributed by atoms with E-state index in [2.05, 4.69) is 17.9 Å². The summed E-state index contributed by atoms with van der Waals surface area (Å²) in [5, 5.41) is 11.0. The molecule has 4 fully saturated rings. The summed E-state index contributed by atoms with van der Waals surface area (Å²) in [5.41, 5.74) is 3.26. The Labute approximate surface area is 219 Å². The average Bonchev–Trinajstić information content (AvgIpc) is 2.90. The van der Waals surface area contributed by atoms with Crippen molar-refractivity contribution in [1.82, 2.24) is 0 Å². The second kappa shape index (κ2) is 11.3. The van der Waals surface area contributed by atoms with Crippen LogP contribution in [0.25, 0.3) is 0 Å². The summed E-state index contributed by atoms with van der Waals surface area (Å²) in [5.74, 6) is 8.84. The van der Waals surface area contributed by atoms with Crippen LogP contribution in [0.1, 0.15) is 71.7 Å². The lowest BCUT2D eigenvalue weighted by Gasteiger charge is -2.57. The molecule has 37 heavy (non-hydrogen) atoms. The van der Waals surface area contributed by atoms with Gasteiger partial charge in [-0.3, -0.25) is 0 Å². The van der Waals surface area contributed by atoms with Gasteiger partial charge in [-0.2, -0.15) is 0 Å². The maximum Gasteiger partial charge on any atom is 0.337 e. The number of aliphatic hydroxyl groups is 1.